The van der Waals surface area contributed by atoms with E-state index in [1.165, 1.54) is 0 Å². The first-order chi connectivity index (χ1) is 4.74. The van der Waals surface area contributed by atoms with Crippen LogP contribution in [0.25, 0.3) is 0 Å². The Labute approximate surface area is 61.0 Å². The number of carbonyl (C=O) groups excluding carboxylic acids is 1. The van der Waals surface area contributed by atoms with Crippen molar-refractivity contribution in [3.8, 4) is 0 Å². The molecule has 1 heterocycles. The number of nitrogens with one attached hydrogen (secondary N) is 1. The minimum absolute atomic E-state index is 0.0590. The first-order valence-electron chi connectivity index (χ1n) is 3.71. The summed E-state index contributed by atoms with van der Waals surface area (Å²) in [7, 11) is 0. The van der Waals surface area contributed by atoms with Gasteiger partial charge >= 0.3 is 0 Å². The lowest BCUT2D eigenvalue weighted by Crippen LogP contribution is -2.43. The maximum absolute atomic E-state index is 11.0. The number of carbonyl (C=O) groups is 1. The number of hydrogen-bond acceptors (Lipinski definition) is 2. The fourth-order valence-electron chi connectivity index (χ4n) is 1.30. The van der Waals surface area contributed by atoms with Crippen molar-refractivity contribution in [1.29, 1.82) is 0 Å². The van der Waals surface area contributed by atoms with Crippen LogP contribution in [-0.2, 0) is 4.79 Å². The molecule has 2 atom stereocenters. The molecule has 1 aliphatic rings. The fourth-order valence-corrected chi connectivity index (χ4v) is 1.30. The molecule has 0 aliphatic carbocycles. The van der Waals surface area contributed by atoms with E-state index < -0.39 is 0 Å². The van der Waals surface area contributed by atoms with Crippen molar-refractivity contribution < 1.29 is 4.79 Å². The normalized spacial score (nSPS) is 33.6. The first-order valence-corrected chi connectivity index (χ1v) is 3.71. The molecule has 0 saturated carbocycles. The quantitative estimate of drug-likeness (QED) is 0.529. The lowest BCUT2D eigenvalue weighted by molar-refractivity contribution is -0.127. The molecule has 2 unspecified atom stereocenters. The summed E-state index contributed by atoms with van der Waals surface area (Å²) in [4.78, 5) is 11.0. The van der Waals surface area contributed by atoms with Crippen molar-refractivity contribution in [2.45, 2.75) is 13.3 Å². The highest BCUT2D eigenvalue weighted by atomic mass is 16.1. The average molecular weight is 142 g/mol. The summed E-state index contributed by atoms with van der Waals surface area (Å²) in [5.41, 5.74) is 5.40. The van der Waals surface area contributed by atoms with Gasteiger partial charge in [0.25, 0.3) is 0 Å². The molecule has 3 N–H and O–H groups in total. The highest BCUT2D eigenvalue weighted by molar-refractivity contribution is 5.79. The molecule has 3 heteroatoms. The van der Waals surface area contributed by atoms with Crippen LogP contribution in [0.1, 0.15) is 13.3 Å². The summed E-state index contributed by atoms with van der Waals surface area (Å²) >= 11 is 0. The summed E-state index contributed by atoms with van der Waals surface area (Å²) in [6.07, 6.45) is 0.947. The lowest BCUT2D eigenvalue weighted by Gasteiger charge is -2.25. The average Bonchev–Trinajstić information content (AvgIpc) is 1.94. The van der Waals surface area contributed by atoms with Gasteiger partial charge in [0.05, 0.1) is 5.92 Å². The molecule has 1 rings (SSSR count). The van der Waals surface area contributed by atoms with Gasteiger partial charge in [-0.05, 0) is 12.3 Å². The Bertz CT molecular complexity index is 136. The molecule has 10 heavy (non-hydrogen) atoms. The van der Waals surface area contributed by atoms with Gasteiger partial charge in [0.15, 0.2) is 0 Å². The van der Waals surface area contributed by atoms with E-state index in [0.717, 1.165) is 13.0 Å². The Kier molecular flexibility index (Phi) is 2.27. The second-order valence-electron chi connectivity index (χ2n) is 3.02. The van der Waals surface area contributed by atoms with Crippen molar-refractivity contribution >= 4 is 5.91 Å². The van der Waals surface area contributed by atoms with Gasteiger partial charge in [0.1, 0.15) is 0 Å². The Morgan fingerprint density at radius 2 is 2.50 bits per heavy atom. The Morgan fingerprint density at radius 1 is 1.80 bits per heavy atom. The van der Waals surface area contributed by atoms with E-state index in [0.29, 0.717) is 12.5 Å². The highest BCUT2D eigenvalue weighted by Gasteiger charge is 2.24. The molecule has 0 aromatic rings. The molecule has 0 aromatic heterocycles. The van der Waals surface area contributed by atoms with E-state index in [9.17, 15) is 4.79 Å². The number of piperidine rings is 1. The van der Waals surface area contributed by atoms with E-state index in [1.807, 2.05) is 0 Å². The minimum Gasteiger partial charge on any atom is -0.356 e. The first kappa shape index (κ1) is 7.54. The second kappa shape index (κ2) is 3.01. The Hall–Kier alpha value is -0.570. The molecule has 1 aliphatic heterocycles. The zero-order chi connectivity index (χ0) is 7.56. The lowest BCUT2D eigenvalue weighted by atomic mass is 9.91. The van der Waals surface area contributed by atoms with Crippen molar-refractivity contribution in [1.82, 2.24) is 5.32 Å². The summed E-state index contributed by atoms with van der Waals surface area (Å²) in [6.45, 7) is 3.42. The van der Waals surface area contributed by atoms with Crippen molar-refractivity contribution in [3.05, 3.63) is 0 Å². The molecule has 1 amide bonds. The van der Waals surface area contributed by atoms with E-state index in [4.69, 9.17) is 5.73 Å². The SMILES string of the molecule is CC1CNC(=O)C(CN)C1. The summed E-state index contributed by atoms with van der Waals surface area (Å²) in [5.74, 6) is 0.774. The van der Waals surface area contributed by atoms with E-state index in [1.54, 1.807) is 0 Å². The molecule has 3 nitrogen and oxygen atoms in total. The molecular weight excluding hydrogens is 128 g/mol. The predicted octanol–water partition coefficient (Wildman–Crippen LogP) is -0.283. The molecule has 58 valence electrons. The number of hydrogen-bond donors (Lipinski definition) is 2. The van der Waals surface area contributed by atoms with Crippen molar-refractivity contribution in [2.75, 3.05) is 13.1 Å². The number of nitrogens with two attached hydrogens (primary N) is 1. The molecule has 0 bridgehead atoms. The van der Waals surface area contributed by atoms with Crippen molar-refractivity contribution in [3.63, 3.8) is 0 Å². The smallest absolute Gasteiger partial charge is 0.224 e. The highest BCUT2D eigenvalue weighted by Crippen LogP contribution is 2.14. The molecule has 1 fully saturated rings. The third-order valence-electron chi connectivity index (χ3n) is 1.97. The zero-order valence-corrected chi connectivity index (χ0v) is 6.26. The van der Waals surface area contributed by atoms with Crippen LogP contribution < -0.4 is 11.1 Å². The summed E-state index contributed by atoms with van der Waals surface area (Å²) in [5, 5.41) is 2.81. The minimum atomic E-state index is 0.0590. The van der Waals surface area contributed by atoms with Crippen LogP contribution in [0.3, 0.4) is 0 Å². The second-order valence-corrected chi connectivity index (χ2v) is 3.02. The predicted molar refractivity (Wildman–Crippen MR) is 39.3 cm³/mol. The maximum atomic E-state index is 11.0. The molecular formula is C7H14N2O. The topological polar surface area (TPSA) is 55.1 Å². The van der Waals surface area contributed by atoms with Gasteiger partial charge in [-0.3, -0.25) is 4.79 Å². The maximum Gasteiger partial charge on any atom is 0.224 e. The summed E-state index contributed by atoms with van der Waals surface area (Å²) < 4.78 is 0. The van der Waals surface area contributed by atoms with Crippen LogP contribution >= 0.6 is 0 Å². The van der Waals surface area contributed by atoms with Crippen LogP contribution in [-0.4, -0.2) is 19.0 Å². The standard InChI is InChI=1S/C7H14N2O/c1-5-2-6(3-8)7(10)9-4-5/h5-6H,2-4,8H2,1H3,(H,9,10). The van der Waals surface area contributed by atoms with Crippen LogP contribution in [0, 0.1) is 11.8 Å². The van der Waals surface area contributed by atoms with Gasteiger partial charge in [-0.2, -0.15) is 0 Å². The van der Waals surface area contributed by atoms with Crippen LogP contribution in [0.5, 0.6) is 0 Å². The van der Waals surface area contributed by atoms with Gasteiger partial charge in [-0.1, -0.05) is 6.92 Å². The van der Waals surface area contributed by atoms with E-state index >= 15 is 0 Å². The summed E-state index contributed by atoms with van der Waals surface area (Å²) in [6, 6.07) is 0. The van der Waals surface area contributed by atoms with Gasteiger partial charge < -0.3 is 11.1 Å². The van der Waals surface area contributed by atoms with E-state index in [-0.39, 0.29) is 11.8 Å². The van der Waals surface area contributed by atoms with E-state index in [2.05, 4.69) is 12.2 Å². The molecule has 0 aromatic carbocycles. The van der Waals surface area contributed by atoms with Crippen LogP contribution in [0.4, 0.5) is 0 Å². The zero-order valence-electron chi connectivity index (χ0n) is 6.26. The van der Waals surface area contributed by atoms with Crippen LogP contribution in [0.15, 0.2) is 0 Å². The largest absolute Gasteiger partial charge is 0.356 e. The van der Waals surface area contributed by atoms with Gasteiger partial charge in [-0.15, -0.1) is 0 Å². The van der Waals surface area contributed by atoms with Crippen LogP contribution in [0.2, 0.25) is 0 Å². The van der Waals surface area contributed by atoms with Gasteiger partial charge in [0, 0.05) is 13.1 Å². The monoisotopic (exact) mass is 142 g/mol. The fraction of sp³-hybridized carbons (Fsp3) is 0.857. The third-order valence-corrected chi connectivity index (χ3v) is 1.97. The number of amides is 1. The van der Waals surface area contributed by atoms with Gasteiger partial charge in [-0.25, -0.2) is 0 Å². The molecule has 0 spiro atoms. The number of rotatable bonds is 1. The Balaban J connectivity index is 2.45. The third kappa shape index (κ3) is 1.48. The molecule has 0 radical (unpaired) electrons. The molecule has 1 saturated heterocycles. The Morgan fingerprint density at radius 3 is 3.00 bits per heavy atom. The van der Waals surface area contributed by atoms with Crippen molar-refractivity contribution in [2.24, 2.45) is 17.6 Å². The van der Waals surface area contributed by atoms with Gasteiger partial charge in [0.2, 0.25) is 5.91 Å².